The van der Waals surface area contributed by atoms with Gasteiger partial charge in [-0.1, -0.05) is 18.2 Å². The molecule has 0 fully saturated rings. The Kier molecular flexibility index (Phi) is 4.88. The second-order valence-electron chi connectivity index (χ2n) is 3.42. The Morgan fingerprint density at radius 1 is 1.50 bits per heavy atom. The second kappa shape index (κ2) is 6.40. The van der Waals surface area contributed by atoms with Crippen molar-refractivity contribution in [1.82, 2.24) is 0 Å². The number of halogens is 1. The zero-order valence-corrected chi connectivity index (χ0v) is 9.81. The lowest BCUT2D eigenvalue weighted by atomic mass is 10.1. The summed E-state index contributed by atoms with van der Waals surface area (Å²) in [4.78, 5) is 11.3. The molecule has 5 heteroatoms. The minimum absolute atomic E-state index is 0.0942. The van der Waals surface area contributed by atoms with Gasteiger partial charge < -0.3 is 9.84 Å². The van der Waals surface area contributed by atoms with Crippen molar-refractivity contribution in [1.29, 1.82) is 5.26 Å². The SMILES string of the molecule is CCOC(=O)/C(C#N)=C(\O)Cc1ccccc1F. The van der Waals surface area contributed by atoms with Crippen LogP contribution in [0.3, 0.4) is 0 Å². The Hall–Kier alpha value is -2.35. The molecule has 1 N–H and O–H groups in total. The second-order valence-corrected chi connectivity index (χ2v) is 3.42. The summed E-state index contributed by atoms with van der Waals surface area (Å²) < 4.78 is 17.9. The van der Waals surface area contributed by atoms with Gasteiger partial charge in [0.15, 0.2) is 5.57 Å². The Balaban J connectivity index is 2.98. The van der Waals surface area contributed by atoms with Gasteiger partial charge in [0.1, 0.15) is 17.6 Å². The molecule has 0 heterocycles. The molecule has 0 unspecified atom stereocenters. The van der Waals surface area contributed by atoms with Gasteiger partial charge in [0, 0.05) is 6.42 Å². The predicted octanol–water partition coefficient (Wildman–Crippen LogP) is 2.27. The highest BCUT2D eigenvalue weighted by Gasteiger charge is 2.17. The zero-order valence-electron chi connectivity index (χ0n) is 9.81. The van der Waals surface area contributed by atoms with Gasteiger partial charge in [0.2, 0.25) is 0 Å². The Labute approximate surface area is 104 Å². The molecule has 1 rings (SSSR count). The average molecular weight is 249 g/mol. The summed E-state index contributed by atoms with van der Waals surface area (Å²) in [7, 11) is 0. The maximum absolute atomic E-state index is 13.3. The molecule has 94 valence electrons. The molecular formula is C13H12FNO3. The lowest BCUT2D eigenvalue weighted by molar-refractivity contribution is -0.138. The number of allylic oxidation sites excluding steroid dienone is 1. The molecule has 0 aliphatic rings. The van der Waals surface area contributed by atoms with Crippen LogP contribution in [0.5, 0.6) is 0 Å². The van der Waals surface area contributed by atoms with Gasteiger partial charge in [-0.3, -0.25) is 0 Å². The van der Waals surface area contributed by atoms with Crippen LogP contribution in [0, 0.1) is 17.1 Å². The molecule has 0 aliphatic heterocycles. The van der Waals surface area contributed by atoms with Crippen molar-refractivity contribution >= 4 is 5.97 Å². The van der Waals surface area contributed by atoms with Gasteiger partial charge in [-0.2, -0.15) is 5.26 Å². The molecule has 1 aromatic rings. The molecule has 0 bridgehead atoms. The first kappa shape index (κ1) is 13.7. The first-order valence-electron chi connectivity index (χ1n) is 5.32. The topological polar surface area (TPSA) is 70.3 Å². The number of benzene rings is 1. The van der Waals surface area contributed by atoms with Crippen molar-refractivity contribution in [3.8, 4) is 6.07 Å². The number of aliphatic hydroxyl groups is 1. The molecule has 0 aliphatic carbocycles. The van der Waals surface area contributed by atoms with Gasteiger partial charge in [0.05, 0.1) is 6.61 Å². The van der Waals surface area contributed by atoms with Crippen molar-refractivity contribution in [3.05, 3.63) is 47.0 Å². The molecule has 0 aromatic heterocycles. The standard InChI is InChI=1S/C13H12FNO3/c1-2-18-13(17)10(8-15)12(16)7-9-5-3-4-6-11(9)14/h3-6,16H,2,7H2,1H3/b12-10-. The van der Waals surface area contributed by atoms with Crippen LogP contribution in [0.2, 0.25) is 0 Å². The summed E-state index contributed by atoms with van der Waals surface area (Å²) in [5.74, 6) is -1.92. The van der Waals surface area contributed by atoms with Gasteiger partial charge in [-0.25, -0.2) is 9.18 Å². The largest absolute Gasteiger partial charge is 0.510 e. The fraction of sp³-hybridized carbons (Fsp3) is 0.231. The number of hydrogen-bond acceptors (Lipinski definition) is 4. The summed E-state index contributed by atoms with van der Waals surface area (Å²) >= 11 is 0. The third-order valence-corrected chi connectivity index (χ3v) is 2.20. The minimum atomic E-state index is -0.908. The molecular weight excluding hydrogens is 237 g/mol. The smallest absolute Gasteiger partial charge is 0.352 e. The zero-order chi connectivity index (χ0) is 13.5. The molecule has 0 amide bonds. The van der Waals surface area contributed by atoms with E-state index in [1.165, 1.54) is 18.2 Å². The van der Waals surface area contributed by atoms with Crippen molar-refractivity contribution < 1.29 is 19.0 Å². The van der Waals surface area contributed by atoms with Crippen LogP contribution >= 0.6 is 0 Å². The van der Waals surface area contributed by atoms with E-state index in [1.54, 1.807) is 19.1 Å². The van der Waals surface area contributed by atoms with Gasteiger partial charge in [-0.15, -0.1) is 0 Å². The molecule has 4 nitrogen and oxygen atoms in total. The number of rotatable bonds is 4. The molecule has 0 atom stereocenters. The number of aliphatic hydroxyl groups excluding tert-OH is 1. The van der Waals surface area contributed by atoms with Gasteiger partial charge >= 0.3 is 5.97 Å². The summed E-state index contributed by atoms with van der Waals surface area (Å²) in [6, 6.07) is 7.37. The number of carbonyl (C=O) groups excluding carboxylic acids is 1. The van der Waals surface area contributed by atoms with E-state index >= 15 is 0 Å². The first-order chi connectivity index (χ1) is 8.60. The van der Waals surface area contributed by atoms with Gasteiger partial charge in [0.25, 0.3) is 0 Å². The molecule has 0 spiro atoms. The average Bonchev–Trinajstić information content (AvgIpc) is 2.33. The van der Waals surface area contributed by atoms with Gasteiger partial charge in [-0.05, 0) is 18.6 Å². The third kappa shape index (κ3) is 3.32. The highest BCUT2D eigenvalue weighted by atomic mass is 19.1. The molecule has 1 aromatic carbocycles. The highest BCUT2D eigenvalue weighted by Crippen LogP contribution is 2.14. The van der Waals surface area contributed by atoms with Crippen LogP contribution in [0.4, 0.5) is 4.39 Å². The number of ether oxygens (including phenoxy) is 1. The van der Waals surface area contributed by atoms with Crippen LogP contribution in [-0.2, 0) is 16.0 Å². The Morgan fingerprint density at radius 3 is 2.72 bits per heavy atom. The molecule has 0 saturated carbocycles. The van der Waals surface area contributed by atoms with E-state index in [1.807, 2.05) is 0 Å². The summed E-state index contributed by atoms with van der Waals surface area (Å²) in [5.41, 5.74) is -0.299. The number of carbonyl (C=O) groups is 1. The number of nitriles is 1. The lowest BCUT2D eigenvalue weighted by Gasteiger charge is -2.05. The minimum Gasteiger partial charge on any atom is -0.510 e. The van der Waals surface area contributed by atoms with E-state index in [2.05, 4.69) is 4.74 Å². The molecule has 0 radical (unpaired) electrons. The maximum atomic E-state index is 13.3. The summed E-state index contributed by atoms with van der Waals surface area (Å²) in [5, 5.41) is 18.5. The van der Waals surface area contributed by atoms with E-state index < -0.39 is 23.1 Å². The van der Waals surface area contributed by atoms with Crippen molar-refractivity contribution in [2.75, 3.05) is 6.61 Å². The van der Waals surface area contributed by atoms with Crippen molar-refractivity contribution in [2.45, 2.75) is 13.3 Å². The maximum Gasteiger partial charge on any atom is 0.352 e. The third-order valence-electron chi connectivity index (χ3n) is 2.20. The van der Waals surface area contributed by atoms with E-state index in [0.29, 0.717) is 0 Å². The van der Waals surface area contributed by atoms with Crippen molar-refractivity contribution in [3.63, 3.8) is 0 Å². The highest BCUT2D eigenvalue weighted by molar-refractivity contribution is 5.93. The Bertz CT molecular complexity index is 517. The van der Waals surface area contributed by atoms with Crippen molar-refractivity contribution in [2.24, 2.45) is 0 Å². The van der Waals surface area contributed by atoms with Crippen LogP contribution in [0.1, 0.15) is 12.5 Å². The normalized spacial score (nSPS) is 11.4. The van der Waals surface area contributed by atoms with Crippen LogP contribution in [0.25, 0.3) is 0 Å². The molecule has 18 heavy (non-hydrogen) atoms. The number of esters is 1. The predicted molar refractivity (Wildman–Crippen MR) is 62.0 cm³/mol. The van der Waals surface area contributed by atoms with E-state index in [-0.39, 0.29) is 18.6 Å². The number of hydrogen-bond donors (Lipinski definition) is 1. The lowest BCUT2D eigenvalue weighted by Crippen LogP contribution is -2.10. The van der Waals surface area contributed by atoms with E-state index in [9.17, 15) is 14.3 Å². The summed E-state index contributed by atoms with van der Waals surface area (Å²) in [6.45, 7) is 1.68. The number of nitrogens with zero attached hydrogens (tertiary/aromatic N) is 1. The monoisotopic (exact) mass is 249 g/mol. The van der Waals surface area contributed by atoms with Crippen LogP contribution < -0.4 is 0 Å². The van der Waals surface area contributed by atoms with Crippen LogP contribution in [0.15, 0.2) is 35.6 Å². The quantitative estimate of drug-likeness (QED) is 0.384. The summed E-state index contributed by atoms with van der Waals surface area (Å²) in [6.07, 6.45) is -0.228. The fourth-order valence-electron chi connectivity index (χ4n) is 1.34. The van der Waals surface area contributed by atoms with Crippen LogP contribution in [-0.4, -0.2) is 17.7 Å². The Morgan fingerprint density at radius 2 is 2.17 bits per heavy atom. The fourth-order valence-corrected chi connectivity index (χ4v) is 1.34. The first-order valence-corrected chi connectivity index (χ1v) is 5.32. The molecule has 0 saturated heterocycles. The van der Waals surface area contributed by atoms with E-state index in [0.717, 1.165) is 0 Å². The van der Waals surface area contributed by atoms with E-state index in [4.69, 9.17) is 5.26 Å².